The van der Waals surface area contributed by atoms with E-state index in [9.17, 15) is 14.0 Å². The number of fused-ring (bicyclic) bond motifs is 3. The average Bonchev–Trinajstić information content (AvgIpc) is 3.23. The molecule has 0 fully saturated rings. The Balaban J connectivity index is 1.66. The predicted octanol–water partition coefficient (Wildman–Crippen LogP) is 9.11. The van der Waals surface area contributed by atoms with Crippen LogP contribution < -0.4 is 16.0 Å². The number of nitrogens with zero attached hydrogens (tertiary/aromatic N) is 1. The van der Waals surface area contributed by atoms with E-state index in [1.165, 1.54) is 12.1 Å². The molecule has 0 atom stereocenters. The lowest BCUT2D eigenvalue weighted by atomic mass is 10.0. The van der Waals surface area contributed by atoms with Gasteiger partial charge in [-0.2, -0.15) is 0 Å². The molecule has 9 nitrogen and oxygen atoms in total. The Kier molecular flexibility index (Phi) is 9.87. The molecule has 234 valence electrons. The van der Waals surface area contributed by atoms with Crippen LogP contribution in [-0.2, 0) is 15.9 Å². The number of guanidine groups is 1. The number of aliphatic imine (C=N–C) groups is 1. The molecule has 4 rings (SSSR count). The van der Waals surface area contributed by atoms with Gasteiger partial charge >= 0.3 is 12.2 Å². The largest absolute Gasteiger partial charge is 0.444 e. The number of anilines is 2. The summed E-state index contributed by atoms with van der Waals surface area (Å²) >= 11 is 18.5. The van der Waals surface area contributed by atoms with E-state index in [1.807, 2.05) is 24.3 Å². The molecular weight excluding hydrogens is 632 g/mol. The Morgan fingerprint density at radius 3 is 2.30 bits per heavy atom. The monoisotopic (exact) mass is 663 g/mol. The number of rotatable bonds is 5. The number of ether oxygens (including phenoxy) is 2. The summed E-state index contributed by atoms with van der Waals surface area (Å²) in [4.78, 5) is 32.3. The molecule has 13 heteroatoms. The number of aromatic amines is 1. The van der Waals surface area contributed by atoms with Crippen molar-refractivity contribution >= 4 is 86.1 Å². The number of H-pyrrole nitrogens is 1. The highest BCUT2D eigenvalue weighted by Crippen LogP contribution is 2.36. The lowest BCUT2D eigenvalue weighted by molar-refractivity contribution is 0.0560. The van der Waals surface area contributed by atoms with E-state index in [0.29, 0.717) is 22.8 Å². The van der Waals surface area contributed by atoms with Crippen molar-refractivity contribution in [2.75, 3.05) is 11.9 Å². The molecule has 44 heavy (non-hydrogen) atoms. The van der Waals surface area contributed by atoms with E-state index >= 15 is 0 Å². The molecule has 0 bridgehead atoms. The first kappa shape index (κ1) is 33.2. The van der Waals surface area contributed by atoms with Gasteiger partial charge in [-0.05, 0) is 89.9 Å². The standard InChI is InChI=1S/C31H33Cl3FN5O4/c1-30(2,3)43-28(41)39-27(40-29(42)44-31(4,5)6)36-10-9-16-11-18(37-25-15-23(35)21(33)14-22(25)34)13-20-19-12-17(32)7-8-24(19)38-26(16)20/h7-8,11-15,37-38H,9-10H2,1-6H3,(H2,36,39,40,41,42). The number of carbonyl (C=O) groups excluding carboxylic acids is 2. The van der Waals surface area contributed by atoms with E-state index in [0.717, 1.165) is 27.4 Å². The van der Waals surface area contributed by atoms with E-state index in [2.05, 4.69) is 25.9 Å². The maximum atomic E-state index is 14.3. The molecule has 0 aliphatic carbocycles. The fourth-order valence-electron chi connectivity index (χ4n) is 4.29. The summed E-state index contributed by atoms with van der Waals surface area (Å²) in [6, 6.07) is 11.9. The second-order valence-corrected chi connectivity index (χ2v) is 13.2. The molecule has 2 amide bonds. The molecule has 4 N–H and O–H groups in total. The molecule has 4 aromatic rings. The van der Waals surface area contributed by atoms with Crippen molar-refractivity contribution in [3.05, 3.63) is 68.9 Å². The second-order valence-electron chi connectivity index (χ2n) is 12.0. The summed E-state index contributed by atoms with van der Waals surface area (Å²) in [6.45, 7) is 10.5. The number of hydrogen-bond donors (Lipinski definition) is 4. The van der Waals surface area contributed by atoms with Crippen molar-refractivity contribution in [1.82, 2.24) is 15.6 Å². The number of amides is 2. The minimum Gasteiger partial charge on any atom is -0.444 e. The maximum absolute atomic E-state index is 14.3. The van der Waals surface area contributed by atoms with E-state index in [-0.39, 0.29) is 22.5 Å². The Bertz CT molecular complexity index is 1760. The van der Waals surface area contributed by atoms with Crippen molar-refractivity contribution in [2.24, 2.45) is 4.99 Å². The highest BCUT2D eigenvalue weighted by molar-refractivity contribution is 6.36. The van der Waals surface area contributed by atoms with Crippen molar-refractivity contribution in [3.63, 3.8) is 0 Å². The third-order valence-electron chi connectivity index (χ3n) is 5.94. The minimum absolute atomic E-state index is 0.0853. The molecule has 0 aliphatic rings. The number of hydrogen-bond acceptors (Lipinski definition) is 5. The number of halogens is 4. The van der Waals surface area contributed by atoms with Gasteiger partial charge < -0.3 is 25.1 Å². The zero-order valence-corrected chi connectivity index (χ0v) is 27.3. The zero-order chi connectivity index (χ0) is 32.4. The summed E-state index contributed by atoms with van der Waals surface area (Å²) in [6.07, 6.45) is -1.27. The fraction of sp³-hybridized carbons (Fsp3) is 0.323. The van der Waals surface area contributed by atoms with Gasteiger partial charge in [-0.3, -0.25) is 5.32 Å². The van der Waals surface area contributed by atoms with Crippen LogP contribution in [-0.4, -0.2) is 40.9 Å². The van der Waals surface area contributed by atoms with Gasteiger partial charge in [0, 0.05) is 45.1 Å². The number of aromatic nitrogens is 1. The van der Waals surface area contributed by atoms with Crippen molar-refractivity contribution in [2.45, 2.75) is 59.2 Å². The molecule has 0 spiro atoms. The van der Waals surface area contributed by atoms with Crippen LogP contribution in [0.1, 0.15) is 47.1 Å². The third kappa shape index (κ3) is 8.90. The maximum Gasteiger partial charge on any atom is 0.437 e. The Hall–Kier alpha value is -3.73. The number of alkyl carbamates (subject to hydrolysis) is 1. The van der Waals surface area contributed by atoms with Crippen molar-refractivity contribution in [3.8, 4) is 0 Å². The molecule has 0 saturated carbocycles. The first-order valence-corrected chi connectivity index (χ1v) is 14.8. The van der Waals surface area contributed by atoms with Crippen LogP contribution in [0.15, 0.2) is 47.5 Å². The first-order valence-electron chi connectivity index (χ1n) is 13.7. The SMILES string of the molecule is CC(C)(C)OC(=O)/N=C(/NCCc1cc(Nc2cc(F)c(Cl)cc2Cl)cc2c1[nH]c1ccc(Cl)cc12)NC(=O)OC(C)(C)C. The van der Waals surface area contributed by atoms with Crippen LogP contribution in [0.3, 0.4) is 0 Å². The molecule has 1 heterocycles. The lowest BCUT2D eigenvalue weighted by Gasteiger charge is -2.21. The molecule has 3 aromatic carbocycles. The van der Waals surface area contributed by atoms with Crippen LogP contribution in [0.5, 0.6) is 0 Å². The van der Waals surface area contributed by atoms with Gasteiger partial charge in [0.2, 0.25) is 5.96 Å². The van der Waals surface area contributed by atoms with Crippen LogP contribution in [0.2, 0.25) is 15.1 Å². The first-order chi connectivity index (χ1) is 20.5. The van der Waals surface area contributed by atoms with Crippen molar-refractivity contribution in [1.29, 1.82) is 0 Å². The summed E-state index contributed by atoms with van der Waals surface area (Å²) < 4.78 is 24.9. The fourth-order valence-corrected chi connectivity index (χ4v) is 4.89. The molecule has 1 aromatic heterocycles. The summed E-state index contributed by atoms with van der Waals surface area (Å²) in [7, 11) is 0. The van der Waals surface area contributed by atoms with Gasteiger partial charge in [0.25, 0.3) is 0 Å². The van der Waals surface area contributed by atoms with Gasteiger partial charge in [0.05, 0.1) is 15.7 Å². The molecular formula is C31H33Cl3FN5O4. The smallest absolute Gasteiger partial charge is 0.437 e. The topological polar surface area (TPSA) is 117 Å². The summed E-state index contributed by atoms with van der Waals surface area (Å²) in [5.41, 5.74) is 1.97. The van der Waals surface area contributed by atoms with Gasteiger partial charge in [-0.1, -0.05) is 34.8 Å². The minimum atomic E-state index is -0.885. The van der Waals surface area contributed by atoms with Gasteiger partial charge in [-0.15, -0.1) is 4.99 Å². The van der Waals surface area contributed by atoms with Gasteiger partial charge in [-0.25, -0.2) is 14.0 Å². The highest BCUT2D eigenvalue weighted by atomic mass is 35.5. The molecule has 0 unspecified atom stereocenters. The highest BCUT2D eigenvalue weighted by Gasteiger charge is 2.21. The Labute approximate surface area is 269 Å². The molecule has 0 saturated heterocycles. The molecule has 0 aliphatic heterocycles. The van der Waals surface area contributed by atoms with Crippen LogP contribution in [0.25, 0.3) is 21.8 Å². The third-order valence-corrected chi connectivity index (χ3v) is 6.78. The Morgan fingerprint density at radius 1 is 0.909 bits per heavy atom. The van der Waals surface area contributed by atoms with Gasteiger partial charge in [0.15, 0.2) is 0 Å². The number of carbonyl (C=O) groups is 2. The normalized spacial score (nSPS) is 12.4. The summed E-state index contributed by atoms with van der Waals surface area (Å²) in [5, 5.41) is 11.1. The van der Waals surface area contributed by atoms with Crippen LogP contribution in [0.4, 0.5) is 25.4 Å². The Morgan fingerprint density at radius 2 is 1.61 bits per heavy atom. The predicted molar refractivity (Wildman–Crippen MR) is 175 cm³/mol. The zero-order valence-electron chi connectivity index (χ0n) is 25.0. The number of nitrogens with one attached hydrogen (secondary N) is 4. The van der Waals surface area contributed by atoms with Crippen molar-refractivity contribution < 1.29 is 23.5 Å². The van der Waals surface area contributed by atoms with Gasteiger partial charge in [0.1, 0.15) is 17.0 Å². The van der Waals surface area contributed by atoms with Crippen LogP contribution >= 0.6 is 34.8 Å². The van der Waals surface area contributed by atoms with E-state index in [4.69, 9.17) is 44.3 Å². The summed E-state index contributed by atoms with van der Waals surface area (Å²) in [5.74, 6) is -0.747. The van der Waals surface area contributed by atoms with E-state index < -0.39 is 29.2 Å². The van der Waals surface area contributed by atoms with Crippen LogP contribution in [0, 0.1) is 5.82 Å². The number of benzene rings is 3. The quantitative estimate of drug-likeness (QED) is 0.0961. The van der Waals surface area contributed by atoms with E-state index in [1.54, 1.807) is 47.6 Å². The molecule has 0 radical (unpaired) electrons. The average molecular weight is 665 g/mol. The second kappa shape index (κ2) is 13.1. The lowest BCUT2D eigenvalue weighted by Crippen LogP contribution is -2.44.